The predicted octanol–water partition coefficient (Wildman–Crippen LogP) is 2.70. The van der Waals surface area contributed by atoms with E-state index in [0.29, 0.717) is 13.0 Å². The van der Waals surface area contributed by atoms with Crippen LogP contribution < -0.4 is 5.32 Å². The van der Waals surface area contributed by atoms with Gasteiger partial charge in [0, 0.05) is 18.8 Å². The number of ether oxygens (including phenoxy) is 1. The smallest absolute Gasteiger partial charge is 0.384 e. The minimum absolute atomic E-state index is 0.167. The van der Waals surface area contributed by atoms with E-state index in [4.69, 9.17) is 4.74 Å². The summed E-state index contributed by atoms with van der Waals surface area (Å²) in [5, 5.41) is 3.05. The molecule has 0 saturated carbocycles. The Labute approximate surface area is 96.8 Å². The van der Waals surface area contributed by atoms with Crippen LogP contribution in [0.3, 0.4) is 0 Å². The van der Waals surface area contributed by atoms with Crippen LogP contribution in [0.15, 0.2) is 24.3 Å². The van der Waals surface area contributed by atoms with Gasteiger partial charge >= 0.3 is 6.18 Å². The fourth-order valence-corrected chi connectivity index (χ4v) is 2.93. The van der Waals surface area contributed by atoms with Crippen molar-refractivity contribution in [1.29, 1.82) is 0 Å². The molecule has 2 unspecified atom stereocenters. The fourth-order valence-electron chi connectivity index (χ4n) is 2.93. The van der Waals surface area contributed by atoms with E-state index in [1.807, 2.05) is 12.1 Å². The van der Waals surface area contributed by atoms with Crippen LogP contribution in [0.5, 0.6) is 0 Å². The molecule has 5 heteroatoms. The molecule has 0 aliphatic carbocycles. The number of anilines is 1. The van der Waals surface area contributed by atoms with Gasteiger partial charge in [-0.05, 0) is 18.1 Å². The van der Waals surface area contributed by atoms with E-state index in [1.54, 1.807) is 12.1 Å². The Balaban J connectivity index is 2.08. The summed E-state index contributed by atoms with van der Waals surface area (Å²) in [5.74, 6) is 0. The minimum atomic E-state index is -4.31. The van der Waals surface area contributed by atoms with Crippen molar-refractivity contribution in [2.45, 2.75) is 24.1 Å². The van der Waals surface area contributed by atoms with Crippen molar-refractivity contribution >= 4 is 5.69 Å². The van der Waals surface area contributed by atoms with E-state index < -0.39 is 17.7 Å². The number of hydrogen-bond acceptors (Lipinski definition) is 2. The van der Waals surface area contributed by atoms with Crippen molar-refractivity contribution in [3.05, 3.63) is 29.8 Å². The summed E-state index contributed by atoms with van der Waals surface area (Å²) in [6.45, 7) is 0.469. The van der Waals surface area contributed by atoms with Crippen LogP contribution in [0.1, 0.15) is 12.0 Å². The summed E-state index contributed by atoms with van der Waals surface area (Å²) in [4.78, 5) is 0. The van der Waals surface area contributed by atoms with Gasteiger partial charge in [0.1, 0.15) is 0 Å². The van der Waals surface area contributed by atoms with Crippen LogP contribution in [0.25, 0.3) is 0 Å². The van der Waals surface area contributed by atoms with E-state index in [9.17, 15) is 13.2 Å². The van der Waals surface area contributed by atoms with Crippen molar-refractivity contribution in [3.63, 3.8) is 0 Å². The summed E-state index contributed by atoms with van der Waals surface area (Å²) in [6, 6.07) is 7.18. The molecule has 92 valence electrons. The Morgan fingerprint density at radius 1 is 1.29 bits per heavy atom. The molecule has 3 rings (SSSR count). The quantitative estimate of drug-likeness (QED) is 0.756. The molecule has 2 atom stereocenters. The van der Waals surface area contributed by atoms with Crippen LogP contribution in [-0.4, -0.2) is 25.4 Å². The standard InChI is InChI=1S/C12H12F3NO/c13-12(14,15)10-11(5-6-17-10)7-16-9-4-2-1-3-8(9)11/h1-4,10,16H,5-7H2. The molecule has 0 amide bonds. The van der Waals surface area contributed by atoms with Gasteiger partial charge in [0.15, 0.2) is 6.10 Å². The number of halogens is 3. The highest BCUT2D eigenvalue weighted by Crippen LogP contribution is 2.50. The number of rotatable bonds is 0. The number of benzene rings is 1. The predicted molar refractivity (Wildman–Crippen MR) is 57.0 cm³/mol. The third-order valence-corrected chi connectivity index (χ3v) is 3.69. The molecule has 0 radical (unpaired) electrons. The van der Waals surface area contributed by atoms with Gasteiger partial charge in [0.2, 0.25) is 0 Å². The molecule has 1 fully saturated rings. The van der Waals surface area contributed by atoms with Crippen LogP contribution in [0.4, 0.5) is 18.9 Å². The molecule has 1 saturated heterocycles. The second-order valence-corrected chi connectivity index (χ2v) is 4.60. The number of alkyl halides is 3. The van der Waals surface area contributed by atoms with E-state index in [-0.39, 0.29) is 6.61 Å². The Morgan fingerprint density at radius 2 is 2.06 bits per heavy atom. The zero-order valence-electron chi connectivity index (χ0n) is 9.05. The van der Waals surface area contributed by atoms with Crippen LogP contribution in [-0.2, 0) is 10.2 Å². The van der Waals surface area contributed by atoms with E-state index >= 15 is 0 Å². The third kappa shape index (κ3) is 1.45. The monoisotopic (exact) mass is 243 g/mol. The van der Waals surface area contributed by atoms with Gasteiger partial charge in [-0.2, -0.15) is 13.2 Å². The molecule has 17 heavy (non-hydrogen) atoms. The number of para-hydroxylation sites is 1. The lowest BCUT2D eigenvalue weighted by Crippen LogP contribution is -2.46. The van der Waals surface area contributed by atoms with Crippen molar-refractivity contribution < 1.29 is 17.9 Å². The zero-order valence-corrected chi connectivity index (χ0v) is 9.05. The molecule has 2 aliphatic heterocycles. The van der Waals surface area contributed by atoms with Gasteiger partial charge in [-0.15, -0.1) is 0 Å². The summed E-state index contributed by atoms with van der Waals surface area (Å²) in [7, 11) is 0. The largest absolute Gasteiger partial charge is 0.415 e. The molecule has 1 spiro atoms. The number of nitrogens with one attached hydrogen (secondary N) is 1. The van der Waals surface area contributed by atoms with Crippen molar-refractivity contribution in [3.8, 4) is 0 Å². The molecule has 1 N–H and O–H groups in total. The lowest BCUT2D eigenvalue weighted by Gasteiger charge is -2.31. The molecule has 2 aliphatic rings. The molecule has 0 aromatic heterocycles. The van der Waals surface area contributed by atoms with Gasteiger partial charge in [-0.3, -0.25) is 0 Å². The summed E-state index contributed by atoms with van der Waals surface area (Å²) < 4.78 is 43.9. The first-order valence-electron chi connectivity index (χ1n) is 5.56. The van der Waals surface area contributed by atoms with Crippen LogP contribution in [0.2, 0.25) is 0 Å². The lowest BCUT2D eigenvalue weighted by molar-refractivity contribution is -0.219. The molecule has 2 heterocycles. The van der Waals surface area contributed by atoms with Crippen molar-refractivity contribution in [2.24, 2.45) is 0 Å². The first-order chi connectivity index (χ1) is 8.04. The van der Waals surface area contributed by atoms with E-state index in [2.05, 4.69) is 5.32 Å². The maximum Gasteiger partial charge on any atom is 0.415 e. The second-order valence-electron chi connectivity index (χ2n) is 4.60. The van der Waals surface area contributed by atoms with Crippen LogP contribution in [0, 0.1) is 0 Å². The Kier molecular flexibility index (Phi) is 2.17. The molecular formula is C12H12F3NO. The average Bonchev–Trinajstić information content (AvgIpc) is 2.86. The zero-order chi connectivity index (χ0) is 12.1. The Hall–Kier alpha value is -1.23. The summed E-state index contributed by atoms with van der Waals surface area (Å²) in [6.07, 6.45) is -5.58. The number of fused-ring (bicyclic) bond motifs is 2. The van der Waals surface area contributed by atoms with E-state index in [1.165, 1.54) is 0 Å². The number of hydrogen-bond donors (Lipinski definition) is 1. The maximum atomic E-state index is 13.0. The topological polar surface area (TPSA) is 21.3 Å². The van der Waals surface area contributed by atoms with E-state index in [0.717, 1.165) is 11.3 Å². The molecule has 1 aromatic rings. The molecule has 2 nitrogen and oxygen atoms in total. The summed E-state index contributed by atoms with van der Waals surface area (Å²) >= 11 is 0. The second kappa shape index (κ2) is 3.38. The molecule has 0 bridgehead atoms. The first-order valence-corrected chi connectivity index (χ1v) is 5.56. The SMILES string of the molecule is FC(F)(F)C1OCCC12CNc1ccccc12. The van der Waals surface area contributed by atoms with Crippen molar-refractivity contribution in [1.82, 2.24) is 0 Å². The van der Waals surface area contributed by atoms with Gasteiger partial charge in [-0.1, -0.05) is 18.2 Å². The normalized spacial score (nSPS) is 31.6. The molecule has 1 aromatic carbocycles. The fraction of sp³-hybridized carbons (Fsp3) is 0.500. The first kappa shape index (κ1) is 10.9. The summed E-state index contributed by atoms with van der Waals surface area (Å²) in [5.41, 5.74) is 0.599. The highest BCUT2D eigenvalue weighted by Gasteiger charge is 2.60. The van der Waals surface area contributed by atoms with Gasteiger partial charge in [0.05, 0.1) is 5.41 Å². The average molecular weight is 243 g/mol. The van der Waals surface area contributed by atoms with Gasteiger partial charge in [-0.25, -0.2) is 0 Å². The lowest BCUT2D eigenvalue weighted by atomic mass is 9.76. The van der Waals surface area contributed by atoms with Crippen LogP contribution >= 0.6 is 0 Å². The third-order valence-electron chi connectivity index (χ3n) is 3.69. The molecular weight excluding hydrogens is 231 g/mol. The minimum Gasteiger partial charge on any atom is -0.384 e. The Bertz CT molecular complexity index is 446. The van der Waals surface area contributed by atoms with Crippen molar-refractivity contribution in [2.75, 3.05) is 18.5 Å². The maximum absolute atomic E-state index is 13.0. The Morgan fingerprint density at radius 3 is 2.82 bits per heavy atom. The van der Waals surface area contributed by atoms with Gasteiger partial charge in [0.25, 0.3) is 0 Å². The highest BCUT2D eigenvalue weighted by atomic mass is 19.4. The van der Waals surface area contributed by atoms with Gasteiger partial charge < -0.3 is 10.1 Å². The highest BCUT2D eigenvalue weighted by molar-refractivity contribution is 5.61.